The van der Waals surface area contributed by atoms with Crippen molar-refractivity contribution in [2.75, 3.05) is 31.7 Å². The summed E-state index contributed by atoms with van der Waals surface area (Å²) in [6.07, 6.45) is 2.50. The minimum absolute atomic E-state index is 0.674. The van der Waals surface area contributed by atoms with Gasteiger partial charge in [-0.3, -0.25) is 0 Å². The number of ether oxygens (including phenoxy) is 1. The molecule has 1 aromatic carbocycles. The highest BCUT2D eigenvalue weighted by molar-refractivity contribution is 9.08. The lowest BCUT2D eigenvalue weighted by Gasteiger charge is -2.29. The predicted octanol–water partition coefficient (Wildman–Crippen LogP) is 3.75. The van der Waals surface area contributed by atoms with E-state index < -0.39 is 0 Å². The molecule has 1 saturated heterocycles. The molecule has 0 bridgehead atoms. The van der Waals surface area contributed by atoms with E-state index in [0.29, 0.717) is 5.92 Å². The molecule has 0 amide bonds. The van der Waals surface area contributed by atoms with E-state index in [2.05, 4.69) is 53.0 Å². The summed E-state index contributed by atoms with van der Waals surface area (Å²) >= 11 is 3.58. The van der Waals surface area contributed by atoms with Crippen LogP contribution in [-0.4, -0.2) is 26.8 Å². The first-order valence-electron chi connectivity index (χ1n) is 6.65. The summed E-state index contributed by atoms with van der Waals surface area (Å²) in [5.41, 5.74) is 4.03. The van der Waals surface area contributed by atoms with Gasteiger partial charge in [0.2, 0.25) is 0 Å². The van der Waals surface area contributed by atoms with Crippen molar-refractivity contribution in [3.63, 3.8) is 0 Å². The standard InChI is InChI=1S/C15H22BrNO/c1-12-5-6-15(14(8-12)9-16)17(2)10-13-4-3-7-18-11-13/h5-6,8,13H,3-4,7,9-11H2,1-2H3. The second-order valence-electron chi connectivity index (χ2n) is 5.23. The van der Waals surface area contributed by atoms with Crippen molar-refractivity contribution in [2.45, 2.75) is 25.1 Å². The molecule has 1 aliphatic heterocycles. The van der Waals surface area contributed by atoms with Gasteiger partial charge in [0, 0.05) is 31.2 Å². The van der Waals surface area contributed by atoms with Gasteiger partial charge in [-0.05, 0) is 37.3 Å². The molecule has 100 valence electrons. The fraction of sp³-hybridized carbons (Fsp3) is 0.600. The van der Waals surface area contributed by atoms with Crippen molar-refractivity contribution < 1.29 is 4.74 Å². The Morgan fingerprint density at radius 1 is 1.44 bits per heavy atom. The van der Waals surface area contributed by atoms with E-state index in [9.17, 15) is 0 Å². The Balaban J connectivity index is 2.05. The monoisotopic (exact) mass is 311 g/mol. The van der Waals surface area contributed by atoms with Crippen LogP contribution < -0.4 is 4.90 Å². The van der Waals surface area contributed by atoms with Crippen LogP contribution in [0.5, 0.6) is 0 Å². The molecule has 1 fully saturated rings. The summed E-state index contributed by atoms with van der Waals surface area (Å²) in [7, 11) is 2.19. The lowest BCUT2D eigenvalue weighted by atomic mass is 10.0. The van der Waals surface area contributed by atoms with Crippen LogP contribution >= 0.6 is 15.9 Å². The van der Waals surface area contributed by atoms with Crippen molar-refractivity contribution in [2.24, 2.45) is 5.92 Å². The molecule has 2 rings (SSSR count). The van der Waals surface area contributed by atoms with Gasteiger partial charge in [0.05, 0.1) is 6.61 Å². The summed E-state index contributed by atoms with van der Waals surface area (Å²) in [6, 6.07) is 6.68. The topological polar surface area (TPSA) is 12.5 Å². The second-order valence-corrected chi connectivity index (χ2v) is 5.79. The second kappa shape index (κ2) is 6.58. The number of rotatable bonds is 4. The van der Waals surface area contributed by atoms with E-state index in [0.717, 1.165) is 25.1 Å². The van der Waals surface area contributed by atoms with Gasteiger partial charge < -0.3 is 9.64 Å². The lowest BCUT2D eigenvalue weighted by Crippen LogP contribution is -2.31. The molecule has 0 N–H and O–H groups in total. The molecule has 1 aliphatic rings. The first-order chi connectivity index (χ1) is 8.70. The molecule has 3 heteroatoms. The smallest absolute Gasteiger partial charge is 0.0511 e. The van der Waals surface area contributed by atoms with Gasteiger partial charge in [0.1, 0.15) is 0 Å². The molecule has 1 heterocycles. The Morgan fingerprint density at radius 2 is 2.28 bits per heavy atom. The fourth-order valence-electron chi connectivity index (χ4n) is 2.63. The first-order valence-corrected chi connectivity index (χ1v) is 7.77. The molecule has 18 heavy (non-hydrogen) atoms. The van der Waals surface area contributed by atoms with Crippen LogP contribution in [-0.2, 0) is 10.1 Å². The van der Waals surface area contributed by atoms with Crippen LogP contribution in [0.1, 0.15) is 24.0 Å². The highest BCUT2D eigenvalue weighted by Gasteiger charge is 2.17. The fourth-order valence-corrected chi connectivity index (χ4v) is 3.08. The van der Waals surface area contributed by atoms with Gasteiger partial charge in [-0.2, -0.15) is 0 Å². The van der Waals surface area contributed by atoms with E-state index in [-0.39, 0.29) is 0 Å². The Bertz CT molecular complexity index is 388. The minimum Gasteiger partial charge on any atom is -0.381 e. The van der Waals surface area contributed by atoms with Gasteiger partial charge in [-0.15, -0.1) is 0 Å². The van der Waals surface area contributed by atoms with E-state index in [1.807, 2.05) is 0 Å². The molecular weight excluding hydrogens is 290 g/mol. The van der Waals surface area contributed by atoms with Gasteiger partial charge in [-0.25, -0.2) is 0 Å². The first kappa shape index (κ1) is 13.9. The predicted molar refractivity (Wildman–Crippen MR) is 80.6 cm³/mol. The number of aryl methyl sites for hydroxylation is 1. The third-order valence-corrected chi connectivity index (χ3v) is 4.18. The zero-order chi connectivity index (χ0) is 13.0. The highest BCUT2D eigenvalue weighted by atomic mass is 79.9. The summed E-state index contributed by atoms with van der Waals surface area (Å²) in [5.74, 6) is 0.674. The van der Waals surface area contributed by atoms with E-state index in [1.54, 1.807) is 0 Å². The summed E-state index contributed by atoms with van der Waals surface area (Å²) in [6.45, 7) is 5.09. The van der Waals surface area contributed by atoms with Crippen molar-refractivity contribution >= 4 is 21.6 Å². The SMILES string of the molecule is Cc1ccc(N(C)CC2CCCOC2)c(CBr)c1. The van der Waals surface area contributed by atoms with Crippen molar-refractivity contribution in [3.8, 4) is 0 Å². The Hall–Kier alpha value is -0.540. The zero-order valence-corrected chi connectivity index (χ0v) is 12.9. The van der Waals surface area contributed by atoms with E-state index in [4.69, 9.17) is 4.74 Å². The van der Waals surface area contributed by atoms with Crippen molar-refractivity contribution in [3.05, 3.63) is 29.3 Å². The Morgan fingerprint density at radius 3 is 2.94 bits per heavy atom. The van der Waals surface area contributed by atoms with Crippen molar-refractivity contribution in [1.29, 1.82) is 0 Å². The maximum Gasteiger partial charge on any atom is 0.0511 e. The summed E-state index contributed by atoms with van der Waals surface area (Å²) in [4.78, 5) is 2.37. The average Bonchev–Trinajstić information content (AvgIpc) is 2.39. The molecule has 0 radical (unpaired) electrons. The zero-order valence-electron chi connectivity index (χ0n) is 11.3. The normalized spacial score (nSPS) is 19.8. The number of benzene rings is 1. The molecule has 1 atom stereocenters. The number of hydrogen-bond donors (Lipinski definition) is 0. The van der Waals surface area contributed by atoms with Crippen LogP contribution in [0.25, 0.3) is 0 Å². The maximum absolute atomic E-state index is 5.56. The maximum atomic E-state index is 5.56. The number of hydrogen-bond acceptors (Lipinski definition) is 2. The van der Waals surface area contributed by atoms with Gasteiger partial charge in [-0.1, -0.05) is 33.6 Å². The van der Waals surface area contributed by atoms with Gasteiger partial charge in [0.15, 0.2) is 0 Å². The third kappa shape index (κ3) is 3.48. The lowest BCUT2D eigenvalue weighted by molar-refractivity contribution is 0.0576. The number of anilines is 1. The van der Waals surface area contributed by atoms with Crippen LogP contribution in [0.4, 0.5) is 5.69 Å². The Labute approximate surface area is 118 Å². The van der Waals surface area contributed by atoms with Crippen LogP contribution in [0.15, 0.2) is 18.2 Å². The molecule has 0 saturated carbocycles. The molecular formula is C15H22BrNO. The molecule has 0 spiro atoms. The molecule has 0 aromatic heterocycles. The van der Waals surface area contributed by atoms with E-state index >= 15 is 0 Å². The quantitative estimate of drug-likeness (QED) is 0.785. The molecule has 0 aliphatic carbocycles. The molecule has 2 nitrogen and oxygen atoms in total. The van der Waals surface area contributed by atoms with Gasteiger partial charge >= 0.3 is 0 Å². The highest BCUT2D eigenvalue weighted by Crippen LogP contribution is 2.25. The summed E-state index contributed by atoms with van der Waals surface area (Å²) in [5, 5.41) is 0.912. The Kier molecular flexibility index (Phi) is 5.07. The van der Waals surface area contributed by atoms with Gasteiger partial charge in [0.25, 0.3) is 0 Å². The molecule has 1 unspecified atom stereocenters. The average molecular weight is 312 g/mol. The summed E-state index contributed by atoms with van der Waals surface area (Å²) < 4.78 is 5.56. The third-order valence-electron chi connectivity index (χ3n) is 3.58. The van der Waals surface area contributed by atoms with E-state index in [1.165, 1.54) is 29.7 Å². The molecule has 1 aromatic rings. The van der Waals surface area contributed by atoms with Crippen LogP contribution in [0, 0.1) is 12.8 Å². The number of halogens is 1. The largest absolute Gasteiger partial charge is 0.381 e. The number of nitrogens with zero attached hydrogens (tertiary/aromatic N) is 1. The van der Waals surface area contributed by atoms with Crippen molar-refractivity contribution in [1.82, 2.24) is 0 Å². The number of alkyl halides is 1. The van der Waals surface area contributed by atoms with Crippen LogP contribution in [0.2, 0.25) is 0 Å². The van der Waals surface area contributed by atoms with Crippen LogP contribution in [0.3, 0.4) is 0 Å². The minimum atomic E-state index is 0.674.